The fourth-order valence-electron chi connectivity index (χ4n) is 2.65. The van der Waals surface area contributed by atoms with E-state index in [9.17, 15) is 8.42 Å². The zero-order chi connectivity index (χ0) is 16.4. The predicted molar refractivity (Wildman–Crippen MR) is 90.8 cm³/mol. The summed E-state index contributed by atoms with van der Waals surface area (Å²) in [7, 11) is -1.89. The average Bonchev–Trinajstić information content (AvgIpc) is 3.09. The lowest BCUT2D eigenvalue weighted by atomic mass is 10.2. The first-order valence-corrected chi connectivity index (χ1v) is 9.63. The third-order valence-electron chi connectivity index (χ3n) is 3.93. The van der Waals surface area contributed by atoms with Gasteiger partial charge in [-0.15, -0.1) is 11.3 Å². The first-order valence-electron chi connectivity index (χ1n) is 7.31. The minimum absolute atomic E-state index is 0.318. The summed E-state index contributed by atoms with van der Waals surface area (Å²) in [6.07, 6.45) is 1.77. The second-order valence-electron chi connectivity index (χ2n) is 5.34. The van der Waals surface area contributed by atoms with Crippen LogP contribution in [0.15, 0.2) is 34.7 Å². The van der Waals surface area contributed by atoms with Crippen molar-refractivity contribution in [3.05, 3.63) is 35.3 Å². The standard InChI is InChI=1S/C15H19N3O3S2/c1-12-11-13(3-4-14(12)21-2)23(19,20)18-8-6-17(7-9-18)15-16-5-10-22-15/h3-5,10-11H,6-9H2,1-2H3. The topological polar surface area (TPSA) is 62.7 Å². The number of methoxy groups -OCH3 is 1. The van der Waals surface area contributed by atoms with Gasteiger partial charge in [-0.3, -0.25) is 0 Å². The number of ether oxygens (including phenoxy) is 1. The first kappa shape index (κ1) is 16.2. The van der Waals surface area contributed by atoms with E-state index < -0.39 is 10.0 Å². The highest BCUT2D eigenvalue weighted by Crippen LogP contribution is 2.25. The molecule has 1 aromatic heterocycles. The van der Waals surface area contributed by atoms with Gasteiger partial charge in [0.2, 0.25) is 10.0 Å². The smallest absolute Gasteiger partial charge is 0.243 e. The van der Waals surface area contributed by atoms with Crippen molar-refractivity contribution in [3.8, 4) is 5.75 Å². The van der Waals surface area contributed by atoms with Crippen LogP contribution in [0.4, 0.5) is 5.13 Å². The lowest BCUT2D eigenvalue weighted by molar-refractivity contribution is 0.384. The lowest BCUT2D eigenvalue weighted by Crippen LogP contribution is -2.48. The Morgan fingerprint density at radius 2 is 1.96 bits per heavy atom. The zero-order valence-electron chi connectivity index (χ0n) is 13.1. The summed E-state index contributed by atoms with van der Waals surface area (Å²) in [6.45, 7) is 4.09. The van der Waals surface area contributed by atoms with Crippen molar-refractivity contribution < 1.29 is 13.2 Å². The molecule has 23 heavy (non-hydrogen) atoms. The number of aryl methyl sites for hydroxylation is 1. The number of nitrogens with zero attached hydrogens (tertiary/aromatic N) is 3. The van der Waals surface area contributed by atoms with E-state index in [1.165, 1.54) is 0 Å². The Hall–Kier alpha value is -1.64. The zero-order valence-corrected chi connectivity index (χ0v) is 14.7. The van der Waals surface area contributed by atoms with Crippen molar-refractivity contribution in [1.82, 2.24) is 9.29 Å². The van der Waals surface area contributed by atoms with Gasteiger partial charge in [0.05, 0.1) is 12.0 Å². The van der Waals surface area contributed by atoms with E-state index in [1.54, 1.807) is 47.1 Å². The molecule has 3 rings (SSSR count). The van der Waals surface area contributed by atoms with E-state index in [0.29, 0.717) is 36.8 Å². The van der Waals surface area contributed by atoms with E-state index in [2.05, 4.69) is 9.88 Å². The molecule has 1 saturated heterocycles. The molecular weight excluding hydrogens is 334 g/mol. The Kier molecular flexibility index (Phi) is 4.56. The van der Waals surface area contributed by atoms with Crippen molar-refractivity contribution in [1.29, 1.82) is 0 Å². The average molecular weight is 353 g/mol. The van der Waals surface area contributed by atoms with Crippen LogP contribution in [0.5, 0.6) is 5.75 Å². The van der Waals surface area contributed by atoms with Gasteiger partial charge in [0.25, 0.3) is 0 Å². The Morgan fingerprint density at radius 1 is 1.22 bits per heavy atom. The van der Waals surface area contributed by atoms with Crippen molar-refractivity contribution in [2.75, 3.05) is 38.2 Å². The summed E-state index contributed by atoms with van der Waals surface area (Å²) in [6, 6.07) is 4.98. The van der Waals surface area contributed by atoms with Gasteiger partial charge in [-0.1, -0.05) is 0 Å². The van der Waals surface area contributed by atoms with E-state index in [0.717, 1.165) is 10.7 Å². The molecule has 0 saturated carbocycles. The number of hydrogen-bond acceptors (Lipinski definition) is 6. The molecule has 1 aromatic carbocycles. The number of piperazine rings is 1. The number of sulfonamides is 1. The van der Waals surface area contributed by atoms with E-state index >= 15 is 0 Å². The van der Waals surface area contributed by atoms with Gasteiger partial charge in [-0.2, -0.15) is 4.31 Å². The van der Waals surface area contributed by atoms with Crippen LogP contribution in [0.2, 0.25) is 0 Å². The molecule has 2 heterocycles. The second-order valence-corrected chi connectivity index (χ2v) is 8.15. The van der Waals surface area contributed by atoms with Gasteiger partial charge in [0.1, 0.15) is 5.75 Å². The molecular formula is C15H19N3O3S2. The molecule has 0 atom stereocenters. The van der Waals surface area contributed by atoms with Crippen LogP contribution in [0.3, 0.4) is 0 Å². The summed E-state index contributed by atoms with van der Waals surface area (Å²) >= 11 is 1.57. The highest BCUT2D eigenvalue weighted by Gasteiger charge is 2.29. The van der Waals surface area contributed by atoms with Crippen molar-refractivity contribution in [3.63, 3.8) is 0 Å². The van der Waals surface area contributed by atoms with Gasteiger partial charge in [0.15, 0.2) is 5.13 Å². The molecule has 0 amide bonds. The second kappa shape index (κ2) is 6.46. The molecule has 0 unspecified atom stereocenters. The van der Waals surface area contributed by atoms with Gasteiger partial charge in [0, 0.05) is 37.8 Å². The van der Waals surface area contributed by atoms with Crippen LogP contribution < -0.4 is 9.64 Å². The Labute approximate surface area is 140 Å². The van der Waals surface area contributed by atoms with Crippen LogP contribution in [0.25, 0.3) is 0 Å². The third kappa shape index (κ3) is 3.19. The summed E-state index contributed by atoms with van der Waals surface area (Å²) < 4.78 is 32.3. The SMILES string of the molecule is COc1ccc(S(=O)(=O)N2CCN(c3nccs3)CC2)cc1C. The highest BCUT2D eigenvalue weighted by atomic mass is 32.2. The minimum atomic E-state index is -3.47. The molecule has 8 heteroatoms. The first-order chi connectivity index (χ1) is 11.0. The van der Waals surface area contributed by atoms with Crippen LogP contribution in [-0.4, -0.2) is 51.0 Å². The highest BCUT2D eigenvalue weighted by molar-refractivity contribution is 7.89. The van der Waals surface area contributed by atoms with E-state index in [1.807, 2.05) is 12.3 Å². The maximum Gasteiger partial charge on any atom is 0.243 e. The molecule has 0 N–H and O–H groups in total. The molecule has 1 fully saturated rings. The van der Waals surface area contributed by atoms with Gasteiger partial charge < -0.3 is 9.64 Å². The predicted octanol–water partition coefficient (Wildman–Crippen LogP) is 1.97. The summed E-state index contributed by atoms with van der Waals surface area (Å²) in [4.78, 5) is 6.72. The molecule has 6 nitrogen and oxygen atoms in total. The maximum absolute atomic E-state index is 12.8. The molecule has 1 aliphatic rings. The summed E-state index contributed by atoms with van der Waals surface area (Å²) in [5.41, 5.74) is 0.815. The number of anilines is 1. The van der Waals surface area contributed by atoms with Crippen LogP contribution in [0.1, 0.15) is 5.56 Å². The number of thiazole rings is 1. The molecule has 2 aromatic rings. The van der Waals surface area contributed by atoms with Gasteiger partial charge in [-0.25, -0.2) is 13.4 Å². The fourth-order valence-corrected chi connectivity index (χ4v) is 4.86. The monoisotopic (exact) mass is 353 g/mol. The molecule has 0 bridgehead atoms. The lowest BCUT2D eigenvalue weighted by Gasteiger charge is -2.33. The van der Waals surface area contributed by atoms with Crippen molar-refractivity contribution in [2.24, 2.45) is 0 Å². The van der Waals surface area contributed by atoms with Crippen molar-refractivity contribution in [2.45, 2.75) is 11.8 Å². The quantitative estimate of drug-likeness (QED) is 0.841. The molecule has 0 spiro atoms. The minimum Gasteiger partial charge on any atom is -0.496 e. The van der Waals surface area contributed by atoms with E-state index in [-0.39, 0.29) is 0 Å². The summed E-state index contributed by atoms with van der Waals surface area (Å²) in [5, 5.41) is 2.88. The van der Waals surface area contributed by atoms with Crippen molar-refractivity contribution >= 4 is 26.5 Å². The largest absolute Gasteiger partial charge is 0.496 e. The Balaban J connectivity index is 1.75. The number of aromatic nitrogens is 1. The number of hydrogen-bond donors (Lipinski definition) is 0. The van der Waals surface area contributed by atoms with Crippen LogP contribution in [-0.2, 0) is 10.0 Å². The fraction of sp³-hybridized carbons (Fsp3) is 0.400. The molecule has 124 valence electrons. The van der Waals surface area contributed by atoms with E-state index in [4.69, 9.17) is 4.74 Å². The third-order valence-corrected chi connectivity index (χ3v) is 6.66. The summed E-state index contributed by atoms with van der Waals surface area (Å²) in [5.74, 6) is 0.692. The molecule has 1 aliphatic heterocycles. The molecule has 0 radical (unpaired) electrons. The normalized spacial score (nSPS) is 16.5. The Morgan fingerprint density at radius 3 is 2.52 bits per heavy atom. The van der Waals surface area contributed by atoms with Gasteiger partial charge >= 0.3 is 0 Å². The maximum atomic E-state index is 12.8. The van der Waals surface area contributed by atoms with Crippen LogP contribution >= 0.6 is 11.3 Å². The van der Waals surface area contributed by atoms with Crippen LogP contribution in [0, 0.1) is 6.92 Å². The van der Waals surface area contributed by atoms with Gasteiger partial charge in [-0.05, 0) is 30.7 Å². The molecule has 0 aliphatic carbocycles. The number of rotatable bonds is 4. The Bertz CT molecular complexity index is 767. The number of benzene rings is 1.